The minimum absolute atomic E-state index is 0.132. The molecule has 6 heteroatoms. The summed E-state index contributed by atoms with van der Waals surface area (Å²) in [5.74, 6) is -1.60. The largest absolute Gasteiger partial charge is 0.386 e. The molecule has 4 rings (SSSR count). The van der Waals surface area contributed by atoms with Crippen LogP contribution in [0.15, 0.2) is 41.2 Å². The summed E-state index contributed by atoms with van der Waals surface area (Å²) in [5.41, 5.74) is 1.66. The molecule has 0 amide bonds. The van der Waals surface area contributed by atoms with Crippen LogP contribution in [0.5, 0.6) is 0 Å². The van der Waals surface area contributed by atoms with Crippen LogP contribution in [0.2, 0.25) is 0 Å². The van der Waals surface area contributed by atoms with E-state index >= 15 is 0 Å². The fourth-order valence-electron chi connectivity index (χ4n) is 3.52. The second kappa shape index (κ2) is 5.64. The molecule has 1 aliphatic rings. The first kappa shape index (κ1) is 16.7. The van der Waals surface area contributed by atoms with Crippen molar-refractivity contribution in [3.05, 3.63) is 63.8 Å². The maximum absolute atomic E-state index is 14.0. The Bertz CT molecular complexity index is 1060. The van der Waals surface area contributed by atoms with Crippen LogP contribution in [0.4, 0.5) is 14.5 Å². The van der Waals surface area contributed by atoms with Gasteiger partial charge in [0.2, 0.25) is 0 Å². The van der Waals surface area contributed by atoms with E-state index in [0.717, 1.165) is 17.3 Å². The van der Waals surface area contributed by atoms with Gasteiger partial charge >= 0.3 is 0 Å². The molecule has 0 unspecified atom stereocenters. The van der Waals surface area contributed by atoms with E-state index < -0.39 is 22.7 Å². The van der Waals surface area contributed by atoms with Crippen LogP contribution >= 0.6 is 0 Å². The number of aliphatic hydroxyl groups is 1. The van der Waals surface area contributed by atoms with Crippen molar-refractivity contribution in [1.82, 2.24) is 4.98 Å². The predicted octanol–water partition coefficient (Wildman–Crippen LogP) is 3.35. The first-order valence-electron chi connectivity index (χ1n) is 8.34. The lowest BCUT2D eigenvalue weighted by Crippen LogP contribution is -2.60. The summed E-state index contributed by atoms with van der Waals surface area (Å²) in [5, 5.41) is 9.71. The van der Waals surface area contributed by atoms with Gasteiger partial charge in [-0.05, 0) is 37.6 Å². The maximum atomic E-state index is 14.0. The highest BCUT2D eigenvalue weighted by Crippen LogP contribution is 2.30. The minimum Gasteiger partial charge on any atom is -0.386 e. The Morgan fingerprint density at radius 3 is 2.42 bits per heavy atom. The van der Waals surface area contributed by atoms with Crippen molar-refractivity contribution in [2.45, 2.75) is 19.4 Å². The van der Waals surface area contributed by atoms with Crippen molar-refractivity contribution in [1.29, 1.82) is 0 Å². The summed E-state index contributed by atoms with van der Waals surface area (Å²) in [6.07, 6.45) is 0. The van der Waals surface area contributed by atoms with Crippen molar-refractivity contribution >= 4 is 16.6 Å². The smallest absolute Gasteiger partial charge is 0.195 e. The molecule has 0 spiro atoms. The Morgan fingerprint density at radius 2 is 1.81 bits per heavy atom. The molecule has 1 fully saturated rings. The van der Waals surface area contributed by atoms with Gasteiger partial charge in [0.25, 0.3) is 0 Å². The van der Waals surface area contributed by atoms with Gasteiger partial charge in [-0.1, -0.05) is 12.1 Å². The lowest BCUT2D eigenvalue weighted by atomic mass is 9.95. The second-order valence-corrected chi connectivity index (χ2v) is 7.16. The Morgan fingerprint density at radius 1 is 1.15 bits per heavy atom. The lowest BCUT2D eigenvalue weighted by Gasteiger charge is -2.45. The zero-order valence-corrected chi connectivity index (χ0v) is 14.4. The van der Waals surface area contributed by atoms with Gasteiger partial charge in [0.05, 0.1) is 22.2 Å². The lowest BCUT2D eigenvalue weighted by molar-refractivity contribution is 0.0310. The third-order valence-corrected chi connectivity index (χ3v) is 4.84. The summed E-state index contributed by atoms with van der Waals surface area (Å²) in [7, 11) is 0. The number of aromatic nitrogens is 1. The standard InChI is InChI=1S/C20H18F2N2O2/c1-11-18(23-16-8-13(21)7-15(22)17(16)19(11)25)12-3-5-14(6-4-12)24-9-20(2,26)10-24/h3-8,26H,9-10H2,1-2H3,(H,23,25). The highest BCUT2D eigenvalue weighted by molar-refractivity contribution is 5.84. The minimum atomic E-state index is -0.865. The number of H-pyrrole nitrogens is 1. The molecule has 26 heavy (non-hydrogen) atoms. The van der Waals surface area contributed by atoms with Gasteiger partial charge in [-0.3, -0.25) is 4.79 Å². The molecular formula is C20H18F2N2O2. The zero-order valence-electron chi connectivity index (χ0n) is 14.4. The number of hydrogen-bond acceptors (Lipinski definition) is 3. The number of aromatic amines is 1. The molecule has 2 N–H and O–H groups in total. The zero-order chi connectivity index (χ0) is 18.6. The van der Waals surface area contributed by atoms with Gasteiger partial charge in [-0.25, -0.2) is 8.78 Å². The molecule has 3 aromatic rings. The number of pyridine rings is 1. The summed E-state index contributed by atoms with van der Waals surface area (Å²) in [6.45, 7) is 4.55. The highest BCUT2D eigenvalue weighted by Gasteiger charge is 2.36. The van der Waals surface area contributed by atoms with Crippen LogP contribution in [-0.2, 0) is 0 Å². The van der Waals surface area contributed by atoms with Gasteiger partial charge in [0, 0.05) is 30.4 Å². The maximum Gasteiger partial charge on any atom is 0.195 e. The molecule has 1 saturated heterocycles. The third kappa shape index (κ3) is 2.66. The van der Waals surface area contributed by atoms with Gasteiger partial charge in [0.15, 0.2) is 5.43 Å². The molecule has 134 valence electrons. The molecule has 1 aliphatic heterocycles. The fraction of sp³-hybridized carbons (Fsp3) is 0.250. The van der Waals surface area contributed by atoms with Gasteiger partial charge < -0.3 is 15.0 Å². The first-order chi connectivity index (χ1) is 12.2. The average molecular weight is 356 g/mol. The number of fused-ring (bicyclic) bond motifs is 1. The summed E-state index contributed by atoms with van der Waals surface area (Å²) in [6, 6.07) is 9.34. The van der Waals surface area contributed by atoms with E-state index in [9.17, 15) is 18.7 Å². The number of anilines is 1. The van der Waals surface area contributed by atoms with Crippen molar-refractivity contribution in [3.63, 3.8) is 0 Å². The van der Waals surface area contributed by atoms with E-state index in [-0.39, 0.29) is 10.9 Å². The number of nitrogens with zero attached hydrogens (tertiary/aromatic N) is 1. The van der Waals surface area contributed by atoms with E-state index in [4.69, 9.17) is 0 Å². The van der Waals surface area contributed by atoms with E-state index in [1.54, 1.807) is 13.8 Å². The molecule has 1 aromatic heterocycles. The van der Waals surface area contributed by atoms with Crippen LogP contribution in [0.3, 0.4) is 0 Å². The molecular weight excluding hydrogens is 338 g/mol. The van der Waals surface area contributed by atoms with Crippen LogP contribution in [-0.4, -0.2) is 28.8 Å². The van der Waals surface area contributed by atoms with E-state index in [1.165, 1.54) is 0 Å². The van der Waals surface area contributed by atoms with Crippen LogP contribution in [0.25, 0.3) is 22.2 Å². The SMILES string of the molecule is Cc1c(-c2ccc(N3CC(C)(O)C3)cc2)[nH]c2cc(F)cc(F)c2c1=O. The number of halogens is 2. The molecule has 2 aromatic carbocycles. The second-order valence-electron chi connectivity index (χ2n) is 7.16. The Balaban J connectivity index is 1.77. The molecule has 0 atom stereocenters. The number of rotatable bonds is 2. The molecule has 0 saturated carbocycles. The van der Waals surface area contributed by atoms with Gasteiger partial charge in [0.1, 0.15) is 11.6 Å². The topological polar surface area (TPSA) is 56.3 Å². The Labute approximate surface area is 148 Å². The van der Waals surface area contributed by atoms with E-state index in [2.05, 4.69) is 4.98 Å². The number of hydrogen-bond donors (Lipinski definition) is 2. The normalized spacial score (nSPS) is 16.0. The fourth-order valence-corrected chi connectivity index (χ4v) is 3.52. The van der Waals surface area contributed by atoms with Crippen LogP contribution in [0.1, 0.15) is 12.5 Å². The van der Waals surface area contributed by atoms with Gasteiger partial charge in [-0.15, -0.1) is 0 Å². The highest BCUT2D eigenvalue weighted by atomic mass is 19.1. The Kier molecular flexibility index (Phi) is 3.63. The predicted molar refractivity (Wildman–Crippen MR) is 97.5 cm³/mol. The molecule has 0 aliphatic carbocycles. The van der Waals surface area contributed by atoms with Crippen molar-refractivity contribution in [2.75, 3.05) is 18.0 Å². The summed E-state index contributed by atoms with van der Waals surface area (Å²) in [4.78, 5) is 17.6. The molecule has 2 heterocycles. The molecule has 4 nitrogen and oxygen atoms in total. The molecule has 0 radical (unpaired) electrons. The summed E-state index contributed by atoms with van der Waals surface area (Å²) >= 11 is 0. The van der Waals surface area contributed by atoms with Crippen molar-refractivity contribution in [3.8, 4) is 11.3 Å². The first-order valence-corrected chi connectivity index (χ1v) is 8.34. The average Bonchev–Trinajstić information content (AvgIpc) is 2.55. The van der Waals surface area contributed by atoms with E-state index in [1.807, 2.05) is 29.2 Å². The van der Waals surface area contributed by atoms with Crippen molar-refractivity contribution < 1.29 is 13.9 Å². The van der Waals surface area contributed by atoms with E-state index in [0.29, 0.717) is 30.4 Å². The monoisotopic (exact) mass is 356 g/mol. The number of benzene rings is 2. The summed E-state index contributed by atoms with van der Waals surface area (Å²) < 4.78 is 27.5. The molecule has 0 bridgehead atoms. The Hall–Kier alpha value is -2.73. The van der Waals surface area contributed by atoms with Crippen LogP contribution < -0.4 is 10.3 Å². The number of nitrogens with one attached hydrogen (secondary N) is 1. The number of β-amino-alcohol motifs (C(OH)–C–C–N with tert-alkyl or cyclic N) is 1. The van der Waals surface area contributed by atoms with Crippen molar-refractivity contribution in [2.24, 2.45) is 0 Å². The van der Waals surface area contributed by atoms with Crippen LogP contribution in [0, 0.1) is 18.6 Å². The third-order valence-electron chi connectivity index (χ3n) is 4.84. The quantitative estimate of drug-likeness (QED) is 0.740. The van der Waals surface area contributed by atoms with Gasteiger partial charge in [-0.2, -0.15) is 0 Å².